The maximum Gasteiger partial charge on any atom is 0.224 e. The zero-order chi connectivity index (χ0) is 19.5. The first-order valence-corrected chi connectivity index (χ1v) is 10.0. The second-order valence-electron chi connectivity index (χ2n) is 7.52. The highest BCUT2D eigenvalue weighted by atomic mass is 16.5. The minimum Gasteiger partial charge on any atom is -0.480 e. The fourth-order valence-electron chi connectivity index (χ4n) is 4.20. The van der Waals surface area contributed by atoms with Gasteiger partial charge in [0.25, 0.3) is 0 Å². The maximum atomic E-state index is 5.43. The molecule has 2 aromatic heterocycles. The second-order valence-corrected chi connectivity index (χ2v) is 7.52. The second kappa shape index (κ2) is 8.29. The van der Waals surface area contributed by atoms with Gasteiger partial charge in [-0.1, -0.05) is 6.07 Å². The van der Waals surface area contributed by atoms with E-state index in [4.69, 9.17) is 9.72 Å². The van der Waals surface area contributed by atoms with E-state index in [1.807, 2.05) is 19.2 Å². The van der Waals surface area contributed by atoms with Crippen LogP contribution in [0.5, 0.6) is 5.88 Å². The van der Waals surface area contributed by atoms with Gasteiger partial charge in [0.2, 0.25) is 5.88 Å². The quantitative estimate of drug-likeness (QED) is 0.713. The molecule has 1 aromatic carbocycles. The Balaban J connectivity index is 1.59. The number of imidazole rings is 1. The fourth-order valence-corrected chi connectivity index (χ4v) is 4.20. The molecule has 0 saturated carbocycles. The van der Waals surface area contributed by atoms with Crippen molar-refractivity contribution >= 4 is 11.0 Å². The molecule has 1 aliphatic heterocycles. The molecule has 3 aromatic rings. The highest BCUT2D eigenvalue weighted by Gasteiger charge is 2.21. The van der Waals surface area contributed by atoms with Crippen molar-refractivity contribution in [2.45, 2.75) is 18.8 Å². The van der Waals surface area contributed by atoms with Crippen molar-refractivity contribution in [3.8, 4) is 17.3 Å². The number of aryl methyl sites for hydroxylation is 1. The minimum atomic E-state index is 0.607. The first-order valence-electron chi connectivity index (χ1n) is 10.0. The standard InChI is InChI=1S/C22H29N5O/c1-23-11-14-27-12-8-16(9-13-27)17-6-7-20-19(15-17)25-21(26(20)2)18-5-4-10-24-22(18)28-3/h4-7,10,15-16,23H,8-9,11-14H2,1-3H3. The van der Waals surface area contributed by atoms with E-state index in [1.165, 1.54) is 31.5 Å². The Morgan fingerprint density at radius 2 is 2.04 bits per heavy atom. The predicted octanol–water partition coefficient (Wildman–Crippen LogP) is 3.04. The molecule has 1 aliphatic rings. The average molecular weight is 380 g/mol. The third kappa shape index (κ3) is 3.62. The van der Waals surface area contributed by atoms with E-state index < -0.39 is 0 Å². The van der Waals surface area contributed by atoms with Crippen LogP contribution in [0.3, 0.4) is 0 Å². The van der Waals surface area contributed by atoms with E-state index in [-0.39, 0.29) is 0 Å². The van der Waals surface area contributed by atoms with Gasteiger partial charge in [-0.25, -0.2) is 9.97 Å². The number of fused-ring (bicyclic) bond motifs is 1. The SMILES string of the molecule is CNCCN1CCC(c2ccc3c(c2)nc(-c2cccnc2OC)n3C)CC1. The van der Waals surface area contributed by atoms with Crippen molar-refractivity contribution in [1.82, 2.24) is 24.8 Å². The van der Waals surface area contributed by atoms with Crippen LogP contribution < -0.4 is 10.1 Å². The highest BCUT2D eigenvalue weighted by molar-refractivity contribution is 5.82. The molecule has 6 nitrogen and oxygen atoms in total. The van der Waals surface area contributed by atoms with Crippen LogP contribution in [0.25, 0.3) is 22.4 Å². The number of piperidine rings is 1. The van der Waals surface area contributed by atoms with Gasteiger partial charge in [-0.3, -0.25) is 0 Å². The number of hydrogen-bond acceptors (Lipinski definition) is 5. The molecule has 148 valence electrons. The summed E-state index contributed by atoms with van der Waals surface area (Å²) >= 11 is 0. The number of likely N-dealkylation sites (N-methyl/N-ethyl adjacent to an activating group) is 1. The number of hydrogen-bond donors (Lipinski definition) is 1. The Labute approximate surface area is 166 Å². The van der Waals surface area contributed by atoms with Crippen LogP contribution in [0.4, 0.5) is 0 Å². The molecule has 0 spiro atoms. The monoisotopic (exact) mass is 379 g/mol. The summed E-state index contributed by atoms with van der Waals surface area (Å²) in [6.07, 6.45) is 4.17. The van der Waals surface area contributed by atoms with Crippen molar-refractivity contribution in [2.24, 2.45) is 7.05 Å². The molecule has 1 N–H and O–H groups in total. The van der Waals surface area contributed by atoms with Gasteiger partial charge in [0.05, 0.1) is 23.7 Å². The first-order chi connectivity index (χ1) is 13.7. The van der Waals surface area contributed by atoms with Crippen molar-refractivity contribution in [3.63, 3.8) is 0 Å². The van der Waals surface area contributed by atoms with Gasteiger partial charge in [-0.15, -0.1) is 0 Å². The lowest BCUT2D eigenvalue weighted by Crippen LogP contribution is -2.37. The van der Waals surface area contributed by atoms with Crippen LogP contribution in [0.1, 0.15) is 24.3 Å². The molecule has 0 bridgehead atoms. The van der Waals surface area contributed by atoms with Crippen molar-refractivity contribution in [1.29, 1.82) is 0 Å². The predicted molar refractivity (Wildman–Crippen MR) is 113 cm³/mol. The van der Waals surface area contributed by atoms with Gasteiger partial charge in [-0.05, 0) is 68.7 Å². The number of likely N-dealkylation sites (tertiary alicyclic amines) is 1. The van der Waals surface area contributed by atoms with Crippen LogP contribution in [0.15, 0.2) is 36.5 Å². The summed E-state index contributed by atoms with van der Waals surface area (Å²) in [5.41, 5.74) is 4.50. The number of benzene rings is 1. The van der Waals surface area contributed by atoms with Gasteiger partial charge in [0.1, 0.15) is 5.82 Å². The van der Waals surface area contributed by atoms with E-state index in [1.54, 1.807) is 13.3 Å². The molecule has 0 unspecified atom stereocenters. The van der Waals surface area contributed by atoms with Crippen molar-refractivity contribution < 1.29 is 4.74 Å². The molecule has 3 heterocycles. The van der Waals surface area contributed by atoms with Gasteiger partial charge < -0.3 is 19.5 Å². The van der Waals surface area contributed by atoms with Gasteiger partial charge in [0, 0.05) is 26.3 Å². The molecule has 1 saturated heterocycles. The molecule has 0 amide bonds. The molecule has 0 radical (unpaired) electrons. The summed E-state index contributed by atoms with van der Waals surface area (Å²) < 4.78 is 7.56. The molecule has 0 atom stereocenters. The number of nitrogens with zero attached hydrogens (tertiary/aromatic N) is 4. The zero-order valence-corrected chi connectivity index (χ0v) is 17.0. The van der Waals surface area contributed by atoms with Gasteiger partial charge in [0.15, 0.2) is 0 Å². The topological polar surface area (TPSA) is 55.2 Å². The molecular formula is C22H29N5O. The van der Waals surface area contributed by atoms with Crippen LogP contribution in [-0.4, -0.2) is 59.8 Å². The Kier molecular flexibility index (Phi) is 5.59. The Bertz CT molecular complexity index is 943. The largest absolute Gasteiger partial charge is 0.480 e. The van der Waals surface area contributed by atoms with Crippen molar-refractivity contribution in [2.75, 3.05) is 40.3 Å². The summed E-state index contributed by atoms with van der Waals surface area (Å²) in [5, 5.41) is 3.24. The summed E-state index contributed by atoms with van der Waals surface area (Å²) in [4.78, 5) is 11.8. The van der Waals surface area contributed by atoms with E-state index in [0.29, 0.717) is 11.8 Å². The third-order valence-corrected chi connectivity index (χ3v) is 5.85. The number of rotatable bonds is 6. The third-order valence-electron chi connectivity index (χ3n) is 5.85. The lowest BCUT2D eigenvalue weighted by atomic mass is 9.89. The average Bonchev–Trinajstić information content (AvgIpc) is 3.08. The number of ether oxygens (including phenoxy) is 1. The van der Waals surface area contributed by atoms with Crippen LogP contribution in [-0.2, 0) is 7.05 Å². The van der Waals surface area contributed by atoms with E-state index >= 15 is 0 Å². The molecule has 28 heavy (non-hydrogen) atoms. The molecule has 1 fully saturated rings. The summed E-state index contributed by atoms with van der Waals surface area (Å²) in [6.45, 7) is 4.54. The number of nitrogens with one attached hydrogen (secondary N) is 1. The summed E-state index contributed by atoms with van der Waals surface area (Å²) in [5.74, 6) is 2.11. The van der Waals surface area contributed by atoms with E-state index in [2.05, 4.69) is 45.0 Å². The van der Waals surface area contributed by atoms with E-state index in [0.717, 1.165) is 35.5 Å². The maximum absolute atomic E-state index is 5.43. The number of pyridine rings is 1. The van der Waals surface area contributed by atoms with Crippen LogP contribution in [0, 0.1) is 0 Å². The Morgan fingerprint density at radius 1 is 1.21 bits per heavy atom. The smallest absolute Gasteiger partial charge is 0.224 e. The first kappa shape index (κ1) is 18.9. The normalized spacial score (nSPS) is 16.0. The molecule has 4 rings (SSSR count). The van der Waals surface area contributed by atoms with Crippen LogP contribution >= 0.6 is 0 Å². The van der Waals surface area contributed by atoms with Gasteiger partial charge in [-0.2, -0.15) is 0 Å². The molecule has 0 aliphatic carbocycles. The van der Waals surface area contributed by atoms with Crippen LogP contribution in [0.2, 0.25) is 0 Å². The molecule has 6 heteroatoms. The highest BCUT2D eigenvalue weighted by Crippen LogP contribution is 2.33. The Morgan fingerprint density at radius 3 is 2.79 bits per heavy atom. The zero-order valence-electron chi connectivity index (χ0n) is 17.0. The Hall–Kier alpha value is -2.44. The van der Waals surface area contributed by atoms with E-state index in [9.17, 15) is 0 Å². The number of methoxy groups -OCH3 is 1. The molecular weight excluding hydrogens is 350 g/mol. The lowest BCUT2D eigenvalue weighted by Gasteiger charge is -2.32. The summed E-state index contributed by atoms with van der Waals surface area (Å²) in [6, 6.07) is 10.7. The van der Waals surface area contributed by atoms with Crippen molar-refractivity contribution in [3.05, 3.63) is 42.1 Å². The lowest BCUT2D eigenvalue weighted by molar-refractivity contribution is 0.214. The minimum absolute atomic E-state index is 0.607. The number of aromatic nitrogens is 3. The fraction of sp³-hybridized carbons (Fsp3) is 0.455. The van der Waals surface area contributed by atoms with Gasteiger partial charge >= 0.3 is 0 Å². The summed E-state index contributed by atoms with van der Waals surface area (Å²) in [7, 11) is 5.72.